The van der Waals surface area contributed by atoms with Crippen LogP contribution < -0.4 is 10.1 Å². The number of nitrogens with one attached hydrogen (secondary N) is 1. The van der Waals surface area contributed by atoms with E-state index in [1.807, 2.05) is 66.7 Å². The number of rotatable bonds is 4. The molecule has 0 aliphatic rings. The summed E-state index contributed by atoms with van der Waals surface area (Å²) >= 11 is 0. The van der Waals surface area contributed by atoms with E-state index >= 15 is 0 Å². The van der Waals surface area contributed by atoms with Gasteiger partial charge in [-0.15, -0.1) is 0 Å². The molecule has 0 radical (unpaired) electrons. The summed E-state index contributed by atoms with van der Waals surface area (Å²) in [7, 11) is 1.58. The van der Waals surface area contributed by atoms with Crippen molar-refractivity contribution >= 4 is 16.7 Å². The van der Waals surface area contributed by atoms with Gasteiger partial charge in [-0.05, 0) is 22.4 Å². The van der Waals surface area contributed by atoms with E-state index in [0.717, 1.165) is 16.3 Å². The van der Waals surface area contributed by atoms with Crippen molar-refractivity contribution in [3.05, 3.63) is 77.9 Å². The molecule has 3 aromatic carbocycles. The Morgan fingerprint density at radius 3 is 2.45 bits per heavy atom. The van der Waals surface area contributed by atoms with Crippen LogP contribution in [0.5, 0.6) is 5.75 Å². The molecule has 1 N–H and O–H groups in total. The molecule has 0 aliphatic carbocycles. The van der Waals surface area contributed by atoms with Gasteiger partial charge < -0.3 is 10.1 Å². The number of ether oxygens (including phenoxy) is 1. The number of methoxy groups -OCH3 is 1. The van der Waals surface area contributed by atoms with E-state index in [0.29, 0.717) is 17.9 Å². The quantitative estimate of drug-likeness (QED) is 0.794. The molecule has 0 bridgehead atoms. The fraction of sp³-hybridized carbons (Fsp3) is 0.105. The van der Waals surface area contributed by atoms with Crippen molar-refractivity contribution in [3.8, 4) is 5.75 Å². The summed E-state index contributed by atoms with van der Waals surface area (Å²) in [6.07, 6.45) is 0. The maximum atomic E-state index is 12.6. The maximum absolute atomic E-state index is 12.6. The third-order valence-corrected chi connectivity index (χ3v) is 3.63. The average molecular weight is 291 g/mol. The molecule has 22 heavy (non-hydrogen) atoms. The molecule has 3 aromatic rings. The Bertz CT molecular complexity index is 797. The van der Waals surface area contributed by atoms with E-state index in [9.17, 15) is 4.79 Å². The molecule has 0 aliphatic heterocycles. The Kier molecular flexibility index (Phi) is 4.05. The lowest BCUT2D eigenvalue weighted by Crippen LogP contribution is -2.23. The van der Waals surface area contributed by atoms with E-state index in [1.165, 1.54) is 0 Å². The number of benzene rings is 3. The second-order valence-corrected chi connectivity index (χ2v) is 5.03. The van der Waals surface area contributed by atoms with Crippen LogP contribution >= 0.6 is 0 Å². The Balaban J connectivity index is 1.92. The van der Waals surface area contributed by atoms with E-state index in [1.54, 1.807) is 7.11 Å². The Morgan fingerprint density at radius 2 is 1.68 bits per heavy atom. The Morgan fingerprint density at radius 1 is 0.955 bits per heavy atom. The average Bonchev–Trinajstić information content (AvgIpc) is 2.59. The molecular formula is C19H17NO2. The van der Waals surface area contributed by atoms with Crippen molar-refractivity contribution < 1.29 is 9.53 Å². The zero-order valence-electron chi connectivity index (χ0n) is 12.4. The molecule has 3 nitrogen and oxygen atoms in total. The summed E-state index contributed by atoms with van der Waals surface area (Å²) in [6.45, 7) is 0.492. The van der Waals surface area contributed by atoms with Crippen molar-refractivity contribution in [2.75, 3.05) is 7.11 Å². The van der Waals surface area contributed by atoms with Gasteiger partial charge in [-0.25, -0.2) is 0 Å². The highest BCUT2D eigenvalue weighted by Gasteiger charge is 2.15. The van der Waals surface area contributed by atoms with Crippen molar-refractivity contribution in [3.63, 3.8) is 0 Å². The van der Waals surface area contributed by atoms with Crippen molar-refractivity contribution in [2.45, 2.75) is 6.54 Å². The minimum Gasteiger partial charge on any atom is -0.496 e. The van der Waals surface area contributed by atoms with Gasteiger partial charge in [0.1, 0.15) is 5.75 Å². The Labute approximate surface area is 129 Å². The lowest BCUT2D eigenvalue weighted by molar-refractivity contribution is 0.0949. The van der Waals surface area contributed by atoms with Crippen molar-refractivity contribution in [1.29, 1.82) is 0 Å². The van der Waals surface area contributed by atoms with Gasteiger partial charge in [0.2, 0.25) is 0 Å². The second kappa shape index (κ2) is 6.31. The van der Waals surface area contributed by atoms with Gasteiger partial charge in [-0.1, -0.05) is 60.7 Å². The first-order valence-corrected chi connectivity index (χ1v) is 7.17. The molecule has 110 valence electrons. The molecule has 0 fully saturated rings. The van der Waals surface area contributed by atoms with Crippen LogP contribution in [0.2, 0.25) is 0 Å². The van der Waals surface area contributed by atoms with Gasteiger partial charge in [-0.2, -0.15) is 0 Å². The summed E-state index contributed by atoms with van der Waals surface area (Å²) in [4.78, 5) is 12.6. The summed E-state index contributed by atoms with van der Waals surface area (Å²) in [6, 6.07) is 21.5. The fourth-order valence-electron chi connectivity index (χ4n) is 2.52. The highest BCUT2D eigenvalue weighted by atomic mass is 16.5. The molecule has 0 saturated carbocycles. The van der Waals surface area contributed by atoms with Crippen molar-refractivity contribution in [2.24, 2.45) is 0 Å². The summed E-state index contributed by atoms with van der Waals surface area (Å²) in [5, 5.41) is 4.88. The van der Waals surface area contributed by atoms with Gasteiger partial charge in [0.15, 0.2) is 0 Å². The zero-order valence-corrected chi connectivity index (χ0v) is 12.4. The van der Waals surface area contributed by atoms with Gasteiger partial charge in [0.25, 0.3) is 5.91 Å². The minimum atomic E-state index is -0.127. The van der Waals surface area contributed by atoms with Gasteiger partial charge in [0, 0.05) is 6.54 Å². The molecule has 0 saturated heterocycles. The van der Waals surface area contributed by atoms with Crippen molar-refractivity contribution in [1.82, 2.24) is 5.32 Å². The molecule has 0 heterocycles. The molecule has 3 rings (SSSR count). The predicted octanol–water partition coefficient (Wildman–Crippen LogP) is 3.78. The predicted molar refractivity (Wildman–Crippen MR) is 88.1 cm³/mol. The van der Waals surface area contributed by atoms with Crippen LogP contribution in [-0.4, -0.2) is 13.0 Å². The summed E-state index contributed by atoms with van der Waals surface area (Å²) in [5.74, 6) is 0.460. The van der Waals surface area contributed by atoms with E-state index < -0.39 is 0 Å². The molecule has 0 atom stereocenters. The third kappa shape index (κ3) is 2.79. The van der Waals surface area contributed by atoms with E-state index in [4.69, 9.17) is 4.74 Å². The standard InChI is InChI=1S/C19H17NO2/c1-22-17-12-11-15-9-5-6-10-16(15)18(17)19(21)20-13-14-7-3-2-4-8-14/h2-12H,13H2,1H3,(H,20,21). The monoisotopic (exact) mass is 291 g/mol. The van der Waals surface area contributed by atoms with Crippen LogP contribution in [0.3, 0.4) is 0 Å². The zero-order chi connectivity index (χ0) is 15.4. The molecule has 1 amide bonds. The summed E-state index contributed by atoms with van der Waals surface area (Å²) in [5.41, 5.74) is 1.64. The highest BCUT2D eigenvalue weighted by molar-refractivity contribution is 6.09. The largest absolute Gasteiger partial charge is 0.496 e. The number of hydrogen-bond acceptors (Lipinski definition) is 2. The topological polar surface area (TPSA) is 38.3 Å². The molecule has 0 spiro atoms. The van der Waals surface area contributed by atoms with Gasteiger partial charge >= 0.3 is 0 Å². The van der Waals surface area contributed by atoms with Gasteiger partial charge in [0.05, 0.1) is 12.7 Å². The molecule has 0 unspecified atom stereocenters. The third-order valence-electron chi connectivity index (χ3n) is 3.63. The van der Waals surface area contributed by atoms with Gasteiger partial charge in [-0.3, -0.25) is 4.79 Å². The van der Waals surface area contributed by atoms with Crippen LogP contribution in [0.4, 0.5) is 0 Å². The van der Waals surface area contributed by atoms with Crippen LogP contribution in [0.25, 0.3) is 10.8 Å². The lowest BCUT2D eigenvalue weighted by Gasteiger charge is -2.12. The van der Waals surface area contributed by atoms with Crippen LogP contribution in [0, 0.1) is 0 Å². The first-order valence-electron chi connectivity index (χ1n) is 7.17. The highest BCUT2D eigenvalue weighted by Crippen LogP contribution is 2.27. The number of carbonyl (C=O) groups excluding carboxylic acids is 1. The number of fused-ring (bicyclic) bond motifs is 1. The van der Waals surface area contributed by atoms with E-state index in [2.05, 4.69) is 5.32 Å². The first kappa shape index (κ1) is 14.1. The summed E-state index contributed by atoms with van der Waals surface area (Å²) < 4.78 is 5.37. The second-order valence-electron chi connectivity index (χ2n) is 5.03. The number of amides is 1. The lowest BCUT2D eigenvalue weighted by atomic mass is 10.0. The van der Waals surface area contributed by atoms with Crippen LogP contribution in [0.1, 0.15) is 15.9 Å². The fourth-order valence-corrected chi connectivity index (χ4v) is 2.52. The smallest absolute Gasteiger partial charge is 0.255 e. The molecule has 0 aromatic heterocycles. The van der Waals surface area contributed by atoms with Crippen LogP contribution in [0.15, 0.2) is 66.7 Å². The number of carbonyl (C=O) groups is 1. The Hall–Kier alpha value is -2.81. The first-order chi connectivity index (χ1) is 10.8. The van der Waals surface area contributed by atoms with E-state index in [-0.39, 0.29) is 5.91 Å². The molecule has 3 heteroatoms. The maximum Gasteiger partial charge on any atom is 0.255 e. The van der Waals surface area contributed by atoms with Crippen LogP contribution in [-0.2, 0) is 6.54 Å². The normalized spacial score (nSPS) is 10.4. The number of hydrogen-bond donors (Lipinski definition) is 1. The SMILES string of the molecule is COc1ccc2ccccc2c1C(=O)NCc1ccccc1. The minimum absolute atomic E-state index is 0.127. The molecular weight excluding hydrogens is 274 g/mol.